The van der Waals surface area contributed by atoms with E-state index in [-0.39, 0.29) is 81.5 Å². The summed E-state index contributed by atoms with van der Waals surface area (Å²) in [5.74, 6) is -40.0. The molecule has 24 nitrogen and oxygen atoms in total. The van der Waals surface area contributed by atoms with Crippen molar-refractivity contribution in [3.63, 3.8) is 0 Å². The molecule has 120 heavy (non-hydrogen) atoms. The summed E-state index contributed by atoms with van der Waals surface area (Å²) >= 11 is 0. The summed E-state index contributed by atoms with van der Waals surface area (Å²) in [6.45, 7) is -40.0. The van der Waals surface area contributed by atoms with Crippen LogP contribution in [0.1, 0.15) is 316 Å². The number of hydrogen-bond donors (Lipinski definition) is 4. The highest BCUT2D eigenvalue weighted by atomic mass is 16.6. The van der Waals surface area contributed by atoms with Crippen molar-refractivity contribution in [2.24, 2.45) is 93.8 Å². The Hall–Kier alpha value is -7.16. The number of fused-ring (bicyclic) bond motifs is 12. The summed E-state index contributed by atoms with van der Waals surface area (Å²) in [6.07, 6.45) is -19.8. The fourth-order valence-electron chi connectivity index (χ4n) is 16.4. The van der Waals surface area contributed by atoms with Crippen molar-refractivity contribution < 1.29 is 162 Å². The summed E-state index contributed by atoms with van der Waals surface area (Å²) in [5.41, 5.74) is 28.0. The first-order valence-corrected chi connectivity index (χ1v) is 38.2. The molecule has 8 heterocycles. The number of piperidine rings is 4. The maximum Gasteiger partial charge on any atom is 0.323 e. The molecule has 0 aromatic heterocycles. The molecule has 20 atom stereocenters. The van der Waals surface area contributed by atoms with Crippen molar-refractivity contribution >= 4 is 23.9 Å². The van der Waals surface area contributed by atoms with E-state index in [2.05, 4.69) is 0 Å². The number of esters is 4. The van der Waals surface area contributed by atoms with Crippen molar-refractivity contribution in [2.45, 2.75) is 259 Å². The summed E-state index contributed by atoms with van der Waals surface area (Å²) in [4.78, 5) is 61.2. The Bertz CT molecular complexity index is 6530. The molecule has 12 rings (SSSR count). The van der Waals surface area contributed by atoms with Gasteiger partial charge in [-0.05, 0) is 191 Å². The van der Waals surface area contributed by atoms with Gasteiger partial charge < -0.3 is 79.8 Å². The van der Waals surface area contributed by atoms with Gasteiger partial charge in [0.1, 0.15) is 48.5 Å². The van der Waals surface area contributed by atoms with E-state index in [0.717, 1.165) is 38.8 Å². The molecule has 0 bridgehead atoms. The van der Waals surface area contributed by atoms with Crippen LogP contribution in [0, 0.1) is 70.8 Å². The third-order valence-corrected chi connectivity index (χ3v) is 22.0. The minimum Gasteiger partial charge on any atom is -0.493 e. The molecule has 0 amide bonds. The van der Waals surface area contributed by atoms with Gasteiger partial charge in [0, 0.05) is 197 Å². The number of rotatable bonds is 28. The molecule has 0 saturated carbocycles. The lowest BCUT2D eigenvalue weighted by molar-refractivity contribution is -0.161. The van der Waals surface area contributed by atoms with Gasteiger partial charge in [-0.15, -0.1) is 0 Å². The monoisotopic (exact) mass is 1740 g/mol. The lowest BCUT2D eigenvalue weighted by Crippen LogP contribution is -2.51. The Morgan fingerprint density at radius 2 is 0.592 bits per heavy atom. The normalized spacial score (nSPS) is 38.5. The fourth-order valence-corrected chi connectivity index (χ4v) is 16.4. The van der Waals surface area contributed by atoms with Crippen LogP contribution >= 0.6 is 0 Å². The number of hydrogen-bond acceptors (Lipinski definition) is 24. The van der Waals surface area contributed by atoms with Crippen LogP contribution in [-0.2, 0) is 63.8 Å². The summed E-state index contributed by atoms with van der Waals surface area (Å²) < 4.78 is 569. The van der Waals surface area contributed by atoms with E-state index in [1.54, 1.807) is 39.0 Å². The molecule has 8 aliphatic heterocycles. The average Bonchev–Trinajstić information content (AvgIpc) is 0.701. The van der Waals surface area contributed by atoms with Crippen molar-refractivity contribution in [3.05, 3.63) is 93.0 Å². The van der Waals surface area contributed by atoms with Crippen molar-refractivity contribution in [3.8, 4) is 46.0 Å². The van der Waals surface area contributed by atoms with Gasteiger partial charge in [-0.25, -0.2) is 0 Å². The van der Waals surface area contributed by atoms with Gasteiger partial charge in [0.15, 0.2) is 46.0 Å². The Labute approximate surface area is 807 Å². The standard InChI is InChI=1S/4C24H38N2O4/c4*1-14(2)9-17-13-26-8-7-16-10-21(28-5)22(29-6)11-18(16)19(26)12-20(17)30-24(27)23(25)15(3)4/h4*10-11,14-15,17,19-20,23H,7-9,12-13,25H2,1-6H3/t4*17?,19?,20?,23-/m0000/s1/i1D3,3D3,4D3,9D2,14D,15D,20D,23D;2*1D3,3D3,4D3,5D3,9D2,14D,15D,23D;1D3,3D3,4D3,9D2,14D,15D,23D/t4*14?,17?,19?,20?,23-. The van der Waals surface area contributed by atoms with Gasteiger partial charge in [0.25, 0.3) is 0 Å². The maximum absolute atomic E-state index is 13.6. The van der Waals surface area contributed by atoms with Crippen molar-refractivity contribution in [2.75, 3.05) is 109 Å². The zero-order valence-electron chi connectivity index (χ0n) is 131. The highest BCUT2D eigenvalue weighted by Crippen LogP contribution is 2.50. The second-order valence-corrected chi connectivity index (χ2v) is 29.7. The van der Waals surface area contributed by atoms with Crippen LogP contribution < -0.4 is 60.8 Å². The van der Waals surface area contributed by atoms with E-state index in [4.69, 9.17) is 165 Å². The summed E-state index contributed by atoms with van der Waals surface area (Å²) in [7, 11) is 2.66. The molecule has 672 valence electrons. The second-order valence-electron chi connectivity index (χ2n) is 29.7. The van der Waals surface area contributed by atoms with Crippen LogP contribution in [-0.4, -0.2) is 201 Å². The first kappa shape index (κ1) is 41.8. The molecular formula is C96H152N8O16. The van der Waals surface area contributed by atoms with Crippen LogP contribution in [0.2, 0.25) is 0 Å². The Balaban J connectivity index is 0.000000266. The third kappa shape index (κ3) is 23.8. The number of nitrogens with zero attached hydrogens (tertiary/aromatic N) is 4. The molecule has 4 aromatic carbocycles. The molecular weight excluding hydrogens is 1520 g/mol. The lowest BCUT2D eigenvalue weighted by Gasteiger charge is -2.47. The zero-order chi connectivity index (χ0) is 142. The van der Waals surface area contributed by atoms with E-state index in [1.165, 1.54) is 66.9 Å². The van der Waals surface area contributed by atoms with Crippen LogP contribution in [0.25, 0.3) is 0 Å². The van der Waals surface area contributed by atoms with Crippen molar-refractivity contribution in [1.82, 2.24) is 19.6 Å². The SMILES string of the molecule is [2H]C([2H])([2H])C([2H])(C)C([2H])([2H])C1CN2CCc3cc(OC)c(OC)cc3C2CC1OC(=O)[C@@]([2H])(N)C([2H])(C([2H])([2H])[2H])C([2H])([2H])[2H].[2H]C([2H])([2H])Oc1cc2c(cc1OC)C1CC(OC(=O)[C@@]([2H])(N)C([2H])(C([2H])([2H])[2H])C([2H])([2H])[2H])C(C([2H])([2H])C([2H])(C)C([2H])([2H])[2H])CN1CC2.[2H]C([2H])([2H])Oc1cc2c(cc1OC)C1CC(OC(=O)[C@@]([2H])(N)C([2H])(C([2H])([2H])[2H])C([2H])([2H])[2H])C(C([2H])([2H])C([2H])(C)C([2H])([2H])[2H])CN1CC2.[2H]C1(OC(=O)[C@@]([2H])(N)C([2H])(C([2H])([2H])[2H])C([2H])([2H])[2H])CC2c3cc(OC)c(OC)cc3CCN2CC1C([2H])([2H])C([2H])(C)C([2H])([2H])[2H]. The van der Waals surface area contributed by atoms with E-state index in [0.29, 0.717) is 88.6 Å². The molecule has 0 spiro atoms. The van der Waals surface area contributed by atoms with Gasteiger partial charge in [0.2, 0.25) is 0 Å². The predicted molar refractivity (Wildman–Crippen MR) is 471 cm³/mol. The molecule has 4 saturated heterocycles. The Kier molecular flexibility index (Phi) is 15.3. The van der Waals surface area contributed by atoms with Gasteiger partial charge in [-0.2, -0.15) is 0 Å². The molecule has 4 fully saturated rings. The minimum atomic E-state index is -3.96. The molecule has 8 N–H and O–H groups in total. The summed E-state index contributed by atoms with van der Waals surface area (Å²) in [5, 5.41) is 0. The third-order valence-electron chi connectivity index (χ3n) is 22.0. The largest absolute Gasteiger partial charge is 0.493 e. The first-order chi connectivity index (χ1) is 81.4. The predicted octanol–water partition coefficient (Wildman–Crippen LogP) is 14.3. The van der Waals surface area contributed by atoms with Crippen LogP contribution in [0.5, 0.6) is 46.0 Å². The molecule has 8 aliphatic rings. The zero-order valence-corrected chi connectivity index (χ0v) is 68.4. The van der Waals surface area contributed by atoms with Gasteiger partial charge >= 0.3 is 23.9 Å². The lowest BCUT2D eigenvalue weighted by atomic mass is 9.79. The quantitative estimate of drug-likeness (QED) is 0.0303. The van der Waals surface area contributed by atoms with Gasteiger partial charge in [-0.1, -0.05) is 110 Å². The Morgan fingerprint density at radius 1 is 0.358 bits per heavy atom. The number of nitrogens with two attached hydrogens (primary N) is 4. The Morgan fingerprint density at radius 3 is 0.842 bits per heavy atom. The number of carbonyl (C=O) groups is 4. The second kappa shape index (κ2) is 43.9. The molecule has 16 unspecified atom stereocenters. The number of ether oxygens (including phenoxy) is 12. The van der Waals surface area contributed by atoms with E-state index in [9.17, 15) is 20.5 Å². The highest BCUT2D eigenvalue weighted by molar-refractivity contribution is 5.77. The van der Waals surface area contributed by atoms with Crippen LogP contribution in [0.4, 0.5) is 0 Å². The topological polar surface area (TPSA) is 296 Å². The fraction of sp³-hybridized carbons (Fsp3) is 0.708. The molecule has 24 heteroatoms. The molecule has 4 aromatic rings. The minimum absolute atomic E-state index is 0.0235. The first-order valence-electron chi connectivity index (χ1n) is 69.7. The molecule has 0 radical (unpaired) electrons. The van der Waals surface area contributed by atoms with E-state index < -0.39 is 302 Å². The molecule has 0 aliphatic carbocycles. The number of benzene rings is 4. The number of methoxy groups -OCH3 is 8. The smallest absolute Gasteiger partial charge is 0.323 e. The van der Waals surface area contributed by atoms with Gasteiger partial charge in [-0.3, -0.25) is 38.8 Å². The maximum atomic E-state index is 13.6. The summed E-state index contributed by atoms with van der Waals surface area (Å²) in [6, 6.07) is -5.29. The van der Waals surface area contributed by atoms with Crippen LogP contribution in [0.15, 0.2) is 48.5 Å². The number of carbonyl (C=O) groups excluding carboxylic acids is 4. The highest BCUT2D eigenvalue weighted by Gasteiger charge is 2.47. The van der Waals surface area contributed by atoms with Gasteiger partial charge in [0.05, 0.1) is 71.8 Å². The average molecular weight is 1740 g/mol. The van der Waals surface area contributed by atoms with Crippen LogP contribution in [0.3, 0.4) is 0 Å². The van der Waals surface area contributed by atoms with E-state index in [1.807, 2.05) is 4.90 Å². The van der Waals surface area contributed by atoms with Crippen molar-refractivity contribution in [1.29, 1.82) is 0 Å². The van der Waals surface area contributed by atoms with E-state index >= 15 is 0 Å².